The minimum atomic E-state index is 0.0786. The Labute approximate surface area is 145 Å². The van der Waals surface area contributed by atoms with E-state index in [1.807, 2.05) is 23.9 Å². The largest absolute Gasteiger partial charge is 0.493 e. The van der Waals surface area contributed by atoms with Gasteiger partial charge in [0.2, 0.25) is 5.91 Å². The molecule has 1 amide bonds. The van der Waals surface area contributed by atoms with Gasteiger partial charge in [0, 0.05) is 18.7 Å². The lowest BCUT2D eigenvalue weighted by Gasteiger charge is -2.12. The highest BCUT2D eigenvalue weighted by Gasteiger charge is 2.11. The number of ether oxygens (including phenoxy) is 2. The first kappa shape index (κ1) is 19.2. The summed E-state index contributed by atoms with van der Waals surface area (Å²) in [6.07, 6.45) is 2.97. The number of carbonyl (C=O) groups excluding carboxylic acids is 1. The van der Waals surface area contributed by atoms with Crippen LogP contribution >= 0.6 is 27.7 Å². The van der Waals surface area contributed by atoms with Gasteiger partial charge >= 0.3 is 0 Å². The van der Waals surface area contributed by atoms with E-state index in [0.717, 1.165) is 21.5 Å². The van der Waals surface area contributed by atoms with Gasteiger partial charge in [-0.1, -0.05) is 13.3 Å². The second-order valence-electron chi connectivity index (χ2n) is 4.81. The Hall–Kier alpha value is -0.880. The number of nitrogens with one attached hydrogen (secondary N) is 1. The molecule has 4 nitrogen and oxygen atoms in total. The van der Waals surface area contributed by atoms with Crippen molar-refractivity contribution in [3.8, 4) is 11.5 Å². The SMILES string of the molecule is CCCCSCCC(=O)NCc1cc(Br)c(OC)c(OC)c1. The molecule has 0 aliphatic heterocycles. The van der Waals surface area contributed by atoms with Crippen molar-refractivity contribution in [2.45, 2.75) is 32.7 Å². The molecule has 0 spiro atoms. The first-order valence-corrected chi connectivity index (χ1v) is 9.32. The van der Waals surface area contributed by atoms with E-state index < -0.39 is 0 Å². The number of rotatable bonds is 10. The van der Waals surface area contributed by atoms with Crippen molar-refractivity contribution in [2.75, 3.05) is 25.7 Å². The van der Waals surface area contributed by atoms with E-state index >= 15 is 0 Å². The molecule has 0 saturated carbocycles. The summed E-state index contributed by atoms with van der Waals surface area (Å²) in [5.74, 6) is 3.39. The average molecular weight is 390 g/mol. The van der Waals surface area contributed by atoms with Gasteiger partial charge in [0.25, 0.3) is 0 Å². The lowest BCUT2D eigenvalue weighted by Crippen LogP contribution is -2.23. The summed E-state index contributed by atoms with van der Waals surface area (Å²) in [7, 11) is 3.19. The summed E-state index contributed by atoms with van der Waals surface area (Å²) < 4.78 is 11.4. The Morgan fingerprint density at radius 3 is 2.68 bits per heavy atom. The lowest BCUT2D eigenvalue weighted by atomic mass is 10.2. The lowest BCUT2D eigenvalue weighted by molar-refractivity contribution is -0.120. The van der Waals surface area contributed by atoms with E-state index in [0.29, 0.717) is 24.5 Å². The smallest absolute Gasteiger partial charge is 0.221 e. The first-order chi connectivity index (χ1) is 10.6. The summed E-state index contributed by atoms with van der Waals surface area (Å²) in [6.45, 7) is 2.66. The first-order valence-electron chi connectivity index (χ1n) is 7.37. The van der Waals surface area contributed by atoms with Crippen LogP contribution < -0.4 is 14.8 Å². The van der Waals surface area contributed by atoms with Gasteiger partial charge in [0.05, 0.1) is 18.7 Å². The quantitative estimate of drug-likeness (QED) is 0.614. The van der Waals surface area contributed by atoms with Gasteiger partial charge in [-0.2, -0.15) is 11.8 Å². The van der Waals surface area contributed by atoms with Gasteiger partial charge in [-0.3, -0.25) is 4.79 Å². The van der Waals surface area contributed by atoms with Crippen molar-refractivity contribution in [3.05, 3.63) is 22.2 Å². The van der Waals surface area contributed by atoms with Gasteiger partial charge < -0.3 is 14.8 Å². The highest BCUT2D eigenvalue weighted by molar-refractivity contribution is 9.10. The Bertz CT molecular complexity index is 483. The molecule has 0 aromatic heterocycles. The average Bonchev–Trinajstić information content (AvgIpc) is 2.52. The van der Waals surface area contributed by atoms with E-state index in [4.69, 9.17) is 9.47 Å². The van der Waals surface area contributed by atoms with Gasteiger partial charge in [-0.15, -0.1) is 0 Å². The van der Waals surface area contributed by atoms with Crippen molar-refractivity contribution in [3.63, 3.8) is 0 Å². The molecule has 0 radical (unpaired) electrons. The number of thioether (sulfide) groups is 1. The van der Waals surface area contributed by atoms with Crippen molar-refractivity contribution in [2.24, 2.45) is 0 Å². The van der Waals surface area contributed by atoms with Crippen LogP contribution in [0.4, 0.5) is 0 Å². The third-order valence-corrected chi connectivity index (χ3v) is 4.76. The highest BCUT2D eigenvalue weighted by atomic mass is 79.9. The molecule has 1 rings (SSSR count). The van der Waals surface area contributed by atoms with Crippen LogP contribution in [-0.2, 0) is 11.3 Å². The van der Waals surface area contributed by atoms with Crippen molar-refractivity contribution in [1.29, 1.82) is 0 Å². The van der Waals surface area contributed by atoms with Gasteiger partial charge in [-0.05, 0) is 45.8 Å². The van der Waals surface area contributed by atoms with Crippen LogP contribution in [0.25, 0.3) is 0 Å². The van der Waals surface area contributed by atoms with Crippen LogP contribution in [0.1, 0.15) is 31.7 Å². The Balaban J connectivity index is 2.44. The molecule has 0 aliphatic carbocycles. The molecular weight excluding hydrogens is 366 g/mol. The van der Waals surface area contributed by atoms with Crippen LogP contribution in [0.5, 0.6) is 11.5 Å². The van der Waals surface area contributed by atoms with E-state index in [1.54, 1.807) is 14.2 Å². The number of unbranched alkanes of at least 4 members (excludes halogenated alkanes) is 1. The minimum absolute atomic E-state index is 0.0786. The molecule has 0 bridgehead atoms. The Morgan fingerprint density at radius 1 is 1.27 bits per heavy atom. The predicted molar refractivity (Wildman–Crippen MR) is 95.9 cm³/mol. The molecule has 0 fully saturated rings. The zero-order valence-electron chi connectivity index (χ0n) is 13.4. The summed E-state index contributed by atoms with van der Waals surface area (Å²) in [5, 5.41) is 2.94. The standard InChI is InChI=1S/C16H24BrNO3S/c1-4-5-7-22-8-6-15(19)18-11-12-9-13(17)16(21-3)14(10-12)20-2/h9-10H,4-8,11H2,1-3H3,(H,18,19). The van der Waals surface area contributed by atoms with Crippen LogP contribution in [0.2, 0.25) is 0 Å². The number of hydrogen-bond donors (Lipinski definition) is 1. The van der Waals surface area contributed by atoms with Crippen molar-refractivity contribution in [1.82, 2.24) is 5.32 Å². The van der Waals surface area contributed by atoms with E-state index in [9.17, 15) is 4.79 Å². The number of benzene rings is 1. The Kier molecular flexibility index (Phi) is 9.39. The molecule has 1 aromatic carbocycles. The molecule has 22 heavy (non-hydrogen) atoms. The number of amides is 1. The second kappa shape index (κ2) is 10.8. The van der Waals surface area contributed by atoms with Crippen LogP contribution in [0, 0.1) is 0 Å². The molecule has 6 heteroatoms. The van der Waals surface area contributed by atoms with Gasteiger partial charge in [-0.25, -0.2) is 0 Å². The number of methoxy groups -OCH3 is 2. The van der Waals surface area contributed by atoms with Crippen LogP contribution in [0.3, 0.4) is 0 Å². The van der Waals surface area contributed by atoms with E-state index in [-0.39, 0.29) is 5.91 Å². The number of carbonyl (C=O) groups is 1. The molecule has 0 saturated heterocycles. The summed E-state index contributed by atoms with van der Waals surface area (Å²) >= 11 is 5.29. The number of halogens is 1. The predicted octanol–water partition coefficient (Wildman–Crippen LogP) is 4.01. The topological polar surface area (TPSA) is 47.6 Å². The molecule has 124 valence electrons. The summed E-state index contributed by atoms with van der Waals surface area (Å²) in [6, 6.07) is 3.80. The maximum absolute atomic E-state index is 11.8. The van der Waals surface area contributed by atoms with E-state index in [1.165, 1.54) is 12.8 Å². The maximum Gasteiger partial charge on any atom is 0.221 e. The highest BCUT2D eigenvalue weighted by Crippen LogP contribution is 2.36. The molecule has 1 aromatic rings. The summed E-state index contributed by atoms with van der Waals surface area (Å²) in [4.78, 5) is 11.8. The van der Waals surface area contributed by atoms with Gasteiger partial charge in [0.1, 0.15) is 0 Å². The molecule has 0 unspecified atom stereocenters. The fourth-order valence-electron chi connectivity index (χ4n) is 1.88. The van der Waals surface area contributed by atoms with E-state index in [2.05, 4.69) is 28.2 Å². The summed E-state index contributed by atoms with van der Waals surface area (Å²) in [5.41, 5.74) is 0.969. The monoisotopic (exact) mass is 389 g/mol. The fraction of sp³-hybridized carbons (Fsp3) is 0.562. The normalized spacial score (nSPS) is 10.4. The van der Waals surface area contributed by atoms with Crippen molar-refractivity contribution >= 4 is 33.6 Å². The van der Waals surface area contributed by atoms with Gasteiger partial charge in [0.15, 0.2) is 11.5 Å². The zero-order valence-corrected chi connectivity index (χ0v) is 15.8. The fourth-order valence-corrected chi connectivity index (χ4v) is 3.55. The molecule has 0 heterocycles. The molecule has 0 atom stereocenters. The Morgan fingerprint density at radius 2 is 2.05 bits per heavy atom. The zero-order chi connectivity index (χ0) is 16.4. The van der Waals surface area contributed by atoms with Crippen molar-refractivity contribution < 1.29 is 14.3 Å². The molecule has 1 N–H and O–H groups in total. The minimum Gasteiger partial charge on any atom is -0.493 e. The third-order valence-electron chi connectivity index (χ3n) is 3.10. The maximum atomic E-state index is 11.8. The molecular formula is C16H24BrNO3S. The second-order valence-corrected chi connectivity index (χ2v) is 6.88. The van der Waals surface area contributed by atoms with Crippen LogP contribution in [0.15, 0.2) is 16.6 Å². The third kappa shape index (κ3) is 6.48. The number of hydrogen-bond acceptors (Lipinski definition) is 4. The molecule has 0 aliphatic rings. The van der Waals surface area contributed by atoms with Crippen LogP contribution in [-0.4, -0.2) is 31.6 Å².